The van der Waals surface area contributed by atoms with Crippen LogP contribution in [0.2, 0.25) is 5.02 Å². The number of anilines is 2. The highest BCUT2D eigenvalue weighted by Crippen LogP contribution is 2.31. The van der Waals surface area contributed by atoms with Crippen LogP contribution in [-0.2, 0) is 10.2 Å². The molecule has 1 amide bonds. The van der Waals surface area contributed by atoms with E-state index in [9.17, 15) is 13.2 Å². The second-order valence-electron chi connectivity index (χ2n) is 7.53. The van der Waals surface area contributed by atoms with E-state index in [4.69, 9.17) is 16.3 Å². The number of benzene rings is 2. The molecule has 172 valence electrons. The maximum absolute atomic E-state index is 12.8. The first-order valence-corrected chi connectivity index (χ1v) is 12.0. The molecule has 0 saturated carbocycles. The number of amides is 1. The summed E-state index contributed by atoms with van der Waals surface area (Å²) in [4.78, 5) is 17.1. The van der Waals surface area contributed by atoms with Crippen molar-refractivity contribution in [3.8, 4) is 17.0 Å². The number of hydrogen-bond acceptors (Lipinski definition) is 5. The highest BCUT2D eigenvalue weighted by Gasteiger charge is 2.31. The summed E-state index contributed by atoms with van der Waals surface area (Å²) in [7, 11) is -0.407. The molecule has 1 N–H and O–H groups in total. The van der Waals surface area contributed by atoms with E-state index in [2.05, 4.69) is 10.3 Å². The lowest BCUT2D eigenvalue weighted by Crippen LogP contribution is -2.47. The molecule has 1 aliphatic rings. The molecule has 0 aliphatic carbocycles. The average Bonchev–Trinajstić information content (AvgIpc) is 2.82. The molecule has 8 nitrogen and oxygen atoms in total. The smallest absolute Gasteiger partial charge is 0.303 e. The summed E-state index contributed by atoms with van der Waals surface area (Å²) in [6.45, 7) is 0.901. The van der Waals surface area contributed by atoms with Crippen LogP contribution in [0.5, 0.6) is 5.75 Å². The quantitative estimate of drug-likeness (QED) is 0.587. The zero-order chi connectivity index (χ0) is 23.6. The molecular formula is C23H23ClN4O4S. The van der Waals surface area contributed by atoms with Gasteiger partial charge < -0.3 is 10.1 Å². The average molecular weight is 487 g/mol. The van der Waals surface area contributed by atoms with Crippen molar-refractivity contribution in [3.63, 3.8) is 0 Å². The minimum absolute atomic E-state index is 0.327. The molecule has 0 spiro atoms. The molecule has 0 atom stereocenters. The molecule has 3 aromatic rings. The Bertz CT molecular complexity index is 1280. The Balaban J connectivity index is 1.53. The van der Waals surface area contributed by atoms with Gasteiger partial charge in [0, 0.05) is 49.2 Å². The highest BCUT2D eigenvalue weighted by atomic mass is 35.5. The third-order valence-electron chi connectivity index (χ3n) is 5.39. The van der Waals surface area contributed by atoms with E-state index in [-0.39, 0.29) is 5.91 Å². The number of ether oxygens (including phenoxy) is 1. The Morgan fingerprint density at radius 1 is 1.09 bits per heavy atom. The summed E-state index contributed by atoms with van der Waals surface area (Å²) in [5.41, 5.74) is 2.75. The van der Waals surface area contributed by atoms with E-state index in [1.807, 2.05) is 0 Å². The topological polar surface area (TPSA) is 91.8 Å². The van der Waals surface area contributed by atoms with Crippen LogP contribution >= 0.6 is 11.6 Å². The van der Waals surface area contributed by atoms with E-state index in [1.54, 1.807) is 75.0 Å². The molecule has 1 fully saturated rings. The van der Waals surface area contributed by atoms with Gasteiger partial charge in [0.05, 0.1) is 23.5 Å². The number of nitrogens with one attached hydrogen (secondary N) is 1. The normalized spacial score (nSPS) is 15.8. The Kier molecular flexibility index (Phi) is 6.55. The molecule has 4 rings (SSSR count). The summed E-state index contributed by atoms with van der Waals surface area (Å²) < 4.78 is 33.0. The van der Waals surface area contributed by atoms with Crippen LogP contribution in [-0.4, -0.2) is 50.9 Å². The summed E-state index contributed by atoms with van der Waals surface area (Å²) in [5.74, 6) is 0.319. The molecule has 10 heteroatoms. The summed E-state index contributed by atoms with van der Waals surface area (Å²) in [6, 6.07) is 15.1. The second kappa shape index (κ2) is 9.38. The van der Waals surface area contributed by atoms with Crippen LogP contribution in [0.4, 0.5) is 11.4 Å². The van der Waals surface area contributed by atoms with Gasteiger partial charge in [-0.3, -0.25) is 14.1 Å². The van der Waals surface area contributed by atoms with Gasteiger partial charge in [0.15, 0.2) is 0 Å². The fourth-order valence-electron chi connectivity index (χ4n) is 3.57. The van der Waals surface area contributed by atoms with E-state index < -0.39 is 10.2 Å². The first kappa shape index (κ1) is 23.0. The molecule has 2 aromatic carbocycles. The molecule has 0 radical (unpaired) electrons. The zero-order valence-electron chi connectivity index (χ0n) is 18.2. The number of aromatic nitrogens is 1. The van der Waals surface area contributed by atoms with Crippen LogP contribution in [0.15, 0.2) is 60.8 Å². The zero-order valence-corrected chi connectivity index (χ0v) is 19.7. The molecule has 33 heavy (non-hydrogen) atoms. The lowest BCUT2D eigenvalue weighted by atomic mass is 10.1. The van der Waals surface area contributed by atoms with Gasteiger partial charge >= 0.3 is 10.2 Å². The van der Waals surface area contributed by atoms with Gasteiger partial charge in [-0.05, 0) is 55.0 Å². The van der Waals surface area contributed by atoms with E-state index in [0.29, 0.717) is 52.1 Å². The van der Waals surface area contributed by atoms with Gasteiger partial charge in [-0.2, -0.15) is 12.7 Å². The highest BCUT2D eigenvalue weighted by molar-refractivity contribution is 7.90. The van der Waals surface area contributed by atoms with E-state index in [1.165, 1.54) is 8.61 Å². The molecule has 0 unspecified atom stereocenters. The number of rotatable bonds is 5. The second-order valence-corrected chi connectivity index (χ2v) is 9.90. The van der Waals surface area contributed by atoms with Crippen LogP contribution in [0, 0.1) is 0 Å². The molecule has 1 aromatic heterocycles. The number of methoxy groups -OCH3 is 1. The maximum atomic E-state index is 12.8. The molecule has 1 saturated heterocycles. The van der Waals surface area contributed by atoms with Crippen molar-refractivity contribution < 1.29 is 17.9 Å². The molecule has 2 heterocycles. The van der Waals surface area contributed by atoms with Crippen LogP contribution < -0.4 is 14.4 Å². The van der Waals surface area contributed by atoms with Crippen molar-refractivity contribution in [3.05, 3.63) is 71.4 Å². The Morgan fingerprint density at radius 3 is 2.58 bits per heavy atom. The number of halogens is 1. The third kappa shape index (κ3) is 4.80. The van der Waals surface area contributed by atoms with Crippen molar-refractivity contribution in [1.29, 1.82) is 0 Å². The van der Waals surface area contributed by atoms with E-state index in [0.717, 1.165) is 6.42 Å². The summed E-state index contributed by atoms with van der Waals surface area (Å²) >= 11 is 6.35. The fraction of sp³-hybridized carbons (Fsp3) is 0.217. The lowest BCUT2D eigenvalue weighted by Gasteiger charge is -2.33. The van der Waals surface area contributed by atoms with Crippen molar-refractivity contribution in [2.45, 2.75) is 6.42 Å². The van der Waals surface area contributed by atoms with Crippen LogP contribution in [0.3, 0.4) is 0 Å². The Hall–Kier alpha value is -3.14. The lowest BCUT2D eigenvalue weighted by molar-refractivity contribution is 0.102. The van der Waals surface area contributed by atoms with Gasteiger partial charge in [0.2, 0.25) is 0 Å². The van der Waals surface area contributed by atoms with E-state index >= 15 is 0 Å². The van der Waals surface area contributed by atoms with Crippen LogP contribution in [0.1, 0.15) is 16.8 Å². The van der Waals surface area contributed by atoms with Crippen molar-refractivity contribution in [1.82, 2.24) is 9.29 Å². The minimum Gasteiger partial charge on any atom is -0.497 e. The van der Waals surface area contributed by atoms with Crippen LogP contribution in [0.25, 0.3) is 11.3 Å². The SMILES string of the molecule is COc1ccnc(-c2cc(NC(=O)c3ccc(N4CCCN(C)S4(=O)=O)cc3)ccc2Cl)c1. The maximum Gasteiger partial charge on any atom is 0.303 e. The summed E-state index contributed by atoms with van der Waals surface area (Å²) in [5, 5.41) is 3.34. The minimum atomic E-state index is -3.54. The number of nitrogens with zero attached hydrogens (tertiary/aromatic N) is 3. The predicted molar refractivity (Wildman–Crippen MR) is 129 cm³/mol. The first-order valence-electron chi connectivity index (χ1n) is 10.2. The predicted octanol–water partition coefficient (Wildman–Crippen LogP) is 4.05. The summed E-state index contributed by atoms with van der Waals surface area (Å²) in [6.07, 6.45) is 2.36. The fourth-order valence-corrected chi connectivity index (χ4v) is 5.22. The number of pyridine rings is 1. The standard InChI is InChI=1S/C23H23ClN4O4S/c1-27-12-3-13-28(33(27,30)31)18-7-4-16(5-8-18)23(29)26-17-6-9-21(24)20(14-17)22-15-19(32-2)10-11-25-22/h4-11,14-15H,3,12-13H2,1-2H3,(H,26,29). The molecule has 0 bridgehead atoms. The van der Waals surface area contributed by atoms with Gasteiger partial charge in [0.1, 0.15) is 5.75 Å². The van der Waals surface area contributed by atoms with Crippen molar-refractivity contribution >= 4 is 39.1 Å². The Morgan fingerprint density at radius 2 is 1.85 bits per heavy atom. The monoisotopic (exact) mass is 486 g/mol. The molecule has 1 aliphatic heterocycles. The van der Waals surface area contributed by atoms with Gasteiger partial charge in [-0.15, -0.1) is 0 Å². The number of carbonyl (C=O) groups excluding carboxylic acids is 1. The largest absolute Gasteiger partial charge is 0.497 e. The first-order chi connectivity index (χ1) is 15.8. The van der Waals surface area contributed by atoms with Gasteiger partial charge in [-0.1, -0.05) is 11.6 Å². The van der Waals surface area contributed by atoms with Crippen molar-refractivity contribution in [2.24, 2.45) is 0 Å². The third-order valence-corrected chi connectivity index (χ3v) is 7.64. The number of carbonyl (C=O) groups is 1. The van der Waals surface area contributed by atoms with Gasteiger partial charge in [0.25, 0.3) is 5.91 Å². The Labute approximate surface area is 197 Å². The molecular weight excluding hydrogens is 464 g/mol. The van der Waals surface area contributed by atoms with Gasteiger partial charge in [-0.25, -0.2) is 0 Å². The van der Waals surface area contributed by atoms with Crippen molar-refractivity contribution in [2.75, 3.05) is 36.9 Å². The number of hydrogen-bond donors (Lipinski definition) is 1.